The molecule has 125 heavy (non-hydrogen) atoms. The summed E-state index contributed by atoms with van der Waals surface area (Å²) in [4.78, 5) is 81.7. The summed E-state index contributed by atoms with van der Waals surface area (Å²) in [5, 5.41) is 54.9. The first kappa shape index (κ1) is 90.3. The van der Waals surface area contributed by atoms with Crippen molar-refractivity contribution in [2.24, 2.45) is 0 Å². The van der Waals surface area contributed by atoms with Gasteiger partial charge in [0.05, 0.1) is 190 Å². The van der Waals surface area contributed by atoms with Crippen LogP contribution in [0.5, 0.6) is 0 Å². The number of fused-ring (bicyclic) bond motifs is 2. The quantitative estimate of drug-likeness (QED) is 0.102. The van der Waals surface area contributed by atoms with E-state index in [9.17, 15) is 38.9 Å². The van der Waals surface area contributed by atoms with E-state index >= 15 is 4.39 Å². The lowest BCUT2D eigenvalue weighted by atomic mass is 10.0. The lowest BCUT2D eigenvalue weighted by Crippen LogP contribution is -2.37. The Bertz CT molecular complexity index is 5550. The van der Waals surface area contributed by atoms with Gasteiger partial charge in [-0.05, 0) is 89.1 Å². The molecule has 10 aromatic rings. The van der Waals surface area contributed by atoms with Crippen molar-refractivity contribution in [3.8, 4) is 40.3 Å². The second-order valence-electron chi connectivity index (χ2n) is 32.2. The number of aliphatic hydroxyl groups is 2. The van der Waals surface area contributed by atoms with Crippen molar-refractivity contribution in [2.75, 3.05) is 125 Å². The van der Waals surface area contributed by atoms with Gasteiger partial charge in [-0.3, -0.25) is 28.8 Å². The number of aromatic nitrogens is 10. The summed E-state index contributed by atoms with van der Waals surface area (Å²) in [7, 11) is 0. The Morgan fingerprint density at radius 1 is 0.528 bits per heavy atom. The van der Waals surface area contributed by atoms with E-state index in [1.54, 1.807) is 60.0 Å². The number of amides is 4. The van der Waals surface area contributed by atoms with Gasteiger partial charge in [-0.15, -0.1) is 0 Å². The molecule has 4 amide bonds. The number of ether oxygens (including phenoxy) is 8. The normalized spacial score (nSPS) is 17.3. The molecule has 19 rings (SSSR count). The number of Topliss-reactive ketones (excluding diaryl/α,β-unsaturated/α-hetero) is 1. The number of carbonyl (C=O) groups is 5. The van der Waals surface area contributed by atoms with Gasteiger partial charge in [0.25, 0.3) is 11.8 Å². The number of aliphatic hydroxyl groups excluding tert-OH is 2. The van der Waals surface area contributed by atoms with E-state index in [0.717, 1.165) is 99.1 Å². The third-order valence-electron chi connectivity index (χ3n) is 21.1. The number of ketones is 1. The van der Waals surface area contributed by atoms with E-state index in [4.69, 9.17) is 64.8 Å². The first-order chi connectivity index (χ1) is 59.6. The number of nitrogens with one attached hydrogen (secondary N) is 1. The number of imide groups is 2. The van der Waals surface area contributed by atoms with Gasteiger partial charge in [-0.2, -0.15) is 30.9 Å². The molecule has 0 bridgehead atoms. The first-order valence-corrected chi connectivity index (χ1v) is 41.0. The number of benzene rings is 4. The number of aromatic amines is 1. The number of hydrogen-bond acceptors (Lipinski definition) is 27. The number of hydrogen-bond donors (Lipinski definition) is 3. The third-order valence-corrected chi connectivity index (χ3v) is 21.4. The van der Waals surface area contributed by atoms with Crippen LogP contribution in [0.4, 0.5) is 41.6 Å². The lowest BCUT2D eigenvalue weighted by Gasteiger charge is -2.23. The monoisotopic (exact) mass is 1730 g/mol. The molecule has 0 saturated carbocycles. The topological polar surface area (TPSA) is 375 Å². The minimum atomic E-state index is -0.820. The Balaban J connectivity index is 0.000000138. The number of pyridine rings is 2. The summed E-state index contributed by atoms with van der Waals surface area (Å²) in [6.07, 6.45) is 9.01. The second kappa shape index (κ2) is 39.2. The van der Waals surface area contributed by atoms with Crippen molar-refractivity contribution in [2.45, 2.75) is 129 Å². The van der Waals surface area contributed by atoms with Crippen LogP contribution in [0.3, 0.4) is 0 Å². The summed E-state index contributed by atoms with van der Waals surface area (Å²) in [5.41, 5.74) is 2.32. The molecule has 3 N–H and O–H groups in total. The molecule has 33 nitrogen and oxygen atoms in total. The molecule has 0 radical (unpaired) electrons. The van der Waals surface area contributed by atoms with E-state index in [0.29, 0.717) is 76.2 Å². The van der Waals surface area contributed by atoms with Crippen LogP contribution in [0, 0.1) is 34.3 Å². The molecule has 36 heteroatoms. The van der Waals surface area contributed by atoms with Gasteiger partial charge in [-0.1, -0.05) is 91.8 Å². The fourth-order valence-corrected chi connectivity index (χ4v) is 15.6. The summed E-state index contributed by atoms with van der Waals surface area (Å²) >= 11 is 6.23. The SMILES string of the molecule is C.CC(C)(C)OC(=O)N1Cc2nc(-c3c(F)cccc3C#N)cc(-n3ccc(N4CCC5(C4)OCCO5)n3)c2C1=O.CC(C)(C)OC(=O)N1Cc2nc(-c3c(F)cccc3C#N)cc(Cl)c2C1=O.O=C1CCN(c2ccn(Cc3ccccc3)n2)C1.OCCO.c1cc(N2CCC3(C2)OCCO3)[nH]n1.c1ccc(Cn2ccc(N3CCC4(C3)OCCO4)n2)cc1. The molecule has 0 aliphatic carbocycles. The predicted octanol–water partition coefficient (Wildman–Crippen LogP) is 11.7. The molecule has 15 heterocycles. The van der Waals surface area contributed by atoms with Gasteiger partial charge in [0, 0.05) is 94.7 Å². The van der Waals surface area contributed by atoms with Gasteiger partial charge in [0.1, 0.15) is 28.7 Å². The van der Waals surface area contributed by atoms with Crippen molar-refractivity contribution in [3.63, 3.8) is 0 Å². The molecule has 3 spiro atoms. The van der Waals surface area contributed by atoms with E-state index in [-0.39, 0.29) is 106 Å². The predicted molar refractivity (Wildman–Crippen MR) is 454 cm³/mol. The van der Waals surface area contributed by atoms with Crippen LogP contribution >= 0.6 is 11.6 Å². The number of anilines is 4. The fourth-order valence-electron chi connectivity index (χ4n) is 15.3. The Hall–Kier alpha value is -12.4. The van der Waals surface area contributed by atoms with Gasteiger partial charge in [0.15, 0.2) is 40.6 Å². The Kier molecular flexibility index (Phi) is 28.3. The van der Waals surface area contributed by atoms with Crippen LogP contribution in [0.1, 0.15) is 129 Å². The van der Waals surface area contributed by atoms with Crippen LogP contribution in [0.2, 0.25) is 5.02 Å². The van der Waals surface area contributed by atoms with Crippen LogP contribution in [0.15, 0.2) is 158 Å². The van der Waals surface area contributed by atoms with E-state index in [2.05, 4.69) is 82.6 Å². The molecular weight excluding hydrogens is 1630 g/mol. The van der Waals surface area contributed by atoms with Crippen LogP contribution < -0.4 is 19.6 Å². The molecule has 7 saturated heterocycles. The minimum Gasteiger partial charge on any atom is -0.443 e. The standard InChI is InChI=1S/C28H27FN6O5.C19H15ClFN3O3.C16H19N3O2.C14H15N3O.C9H13N3O2.C2H6O2.CH4/c1-27(2,3)40-26(37)34-15-20-24(25(34)36)21(13-19(31-20)23-17(14-30)5-4-6-18(23)29)35-9-7-22(32-35)33-10-8-28(16-33)38-11-12-39-28;1-19(2,3)27-18(26)24-9-14-16(17(24)25)11(20)7-13(23-14)15-10(8-22)5-4-6-12(15)21;1-2-4-14(5-3-1)12-19-8-6-15(17-19)18-9-7-16(13-18)20-10-11-21-16;18-13-6-8-16(11-13)14-7-9-17(15-14)10-12-4-2-1-3-5-12;1-3-10-11-8(1)12-4-2-9(7-12)13-5-6-14-9;3-1-2-4;/h4-7,9,13H,8,10-12,15-16H2,1-3H3;4-7H,9H2,1-3H3;1-6,8H,7,9-13H2;1-5,7,9H,6,8,10-11H2;1,3H,2,4-7H2,(H,10,11);3-4H,1-2H2;1H4. The summed E-state index contributed by atoms with van der Waals surface area (Å²) in [6.45, 7) is 21.1. The lowest BCUT2D eigenvalue weighted by molar-refractivity contribution is -0.138. The molecule has 6 aromatic heterocycles. The first-order valence-electron chi connectivity index (χ1n) is 40.6. The summed E-state index contributed by atoms with van der Waals surface area (Å²) in [6, 6.07) is 43.4. The Morgan fingerprint density at radius 2 is 0.960 bits per heavy atom. The molecule has 7 fully saturated rings. The zero-order valence-electron chi connectivity index (χ0n) is 69.4. The average Bonchev–Trinajstić information content (AvgIpc) is 1.60. The van der Waals surface area contributed by atoms with Crippen molar-refractivity contribution >= 4 is 64.7 Å². The Morgan fingerprint density at radius 3 is 1.40 bits per heavy atom. The number of H-pyrrole nitrogens is 1. The van der Waals surface area contributed by atoms with Crippen molar-refractivity contribution in [1.82, 2.24) is 59.3 Å². The van der Waals surface area contributed by atoms with Gasteiger partial charge in [-0.25, -0.2) is 42.8 Å². The minimum absolute atomic E-state index is 0. The highest BCUT2D eigenvalue weighted by Gasteiger charge is 2.48. The zero-order chi connectivity index (χ0) is 87.5. The summed E-state index contributed by atoms with van der Waals surface area (Å²) in [5.74, 6) is 0.0192. The van der Waals surface area contributed by atoms with Crippen LogP contribution in [-0.4, -0.2) is 233 Å². The smallest absolute Gasteiger partial charge is 0.417 e. The number of nitriles is 2. The van der Waals surface area contributed by atoms with Gasteiger partial charge in [0.2, 0.25) is 0 Å². The molecule has 9 aliphatic heterocycles. The summed E-state index contributed by atoms with van der Waals surface area (Å²) < 4.78 is 79.8. The molecule has 0 atom stereocenters. The average molecular weight is 1730 g/mol. The van der Waals surface area contributed by atoms with Gasteiger partial charge >= 0.3 is 12.2 Å². The molecule has 9 aliphatic rings. The Labute approximate surface area is 726 Å². The highest BCUT2D eigenvalue weighted by atomic mass is 35.5. The fraction of sp³-hybridized carbons (Fsp3) is 0.404. The largest absolute Gasteiger partial charge is 0.443 e. The maximum Gasteiger partial charge on any atom is 0.417 e. The molecule has 0 unspecified atom stereocenters. The number of carbonyl (C=O) groups excluding carboxylic acids is 5. The van der Waals surface area contributed by atoms with E-state index < -0.39 is 52.6 Å². The van der Waals surface area contributed by atoms with Gasteiger partial charge < -0.3 is 67.7 Å². The highest BCUT2D eigenvalue weighted by Crippen LogP contribution is 2.40. The van der Waals surface area contributed by atoms with Crippen LogP contribution in [0.25, 0.3) is 28.2 Å². The highest BCUT2D eigenvalue weighted by molar-refractivity contribution is 6.35. The number of halogens is 3. The zero-order valence-corrected chi connectivity index (χ0v) is 70.2. The van der Waals surface area contributed by atoms with Crippen molar-refractivity contribution in [1.29, 1.82) is 10.5 Å². The number of nitrogens with zero attached hydrogens (tertiary/aromatic N) is 17. The maximum absolute atomic E-state index is 15.0. The third kappa shape index (κ3) is 21.5. The molecular formula is C89H99ClF2N18O15. The van der Waals surface area contributed by atoms with Crippen molar-refractivity contribution < 1.29 is 80.9 Å². The molecule has 656 valence electrons. The second-order valence-corrected chi connectivity index (χ2v) is 32.6. The van der Waals surface area contributed by atoms with Crippen molar-refractivity contribution in [3.05, 3.63) is 220 Å². The maximum atomic E-state index is 15.0. The number of rotatable bonds is 12. The van der Waals surface area contributed by atoms with Crippen LogP contribution in [-0.2, 0) is 68.9 Å². The molecule has 4 aromatic carbocycles. The van der Waals surface area contributed by atoms with E-state index in [1.165, 1.54) is 64.3 Å². The van der Waals surface area contributed by atoms with E-state index in [1.807, 2.05) is 80.1 Å².